The van der Waals surface area contributed by atoms with Crippen LogP contribution in [0.5, 0.6) is 0 Å². The predicted molar refractivity (Wildman–Crippen MR) is 72.0 cm³/mol. The summed E-state index contributed by atoms with van der Waals surface area (Å²) in [6.45, 7) is 3.87. The topological polar surface area (TPSA) is 50.9 Å². The predicted octanol–water partition coefficient (Wildman–Crippen LogP) is 3.41. The van der Waals surface area contributed by atoms with Gasteiger partial charge in [-0.05, 0) is 31.0 Å². The number of aromatic nitrogens is 1. The third-order valence-electron chi connectivity index (χ3n) is 2.58. The third-order valence-corrected chi connectivity index (χ3v) is 3.72. The molecule has 6 heteroatoms. The fourth-order valence-corrected chi connectivity index (χ4v) is 2.52. The molecule has 0 saturated carbocycles. The third kappa shape index (κ3) is 3.02. The van der Waals surface area contributed by atoms with E-state index in [1.54, 1.807) is 0 Å². The van der Waals surface area contributed by atoms with Crippen LogP contribution >= 0.6 is 11.8 Å². The van der Waals surface area contributed by atoms with E-state index in [-0.39, 0.29) is 10.8 Å². The number of nitrogens with two attached hydrogens (primary N) is 1. The highest BCUT2D eigenvalue weighted by molar-refractivity contribution is 7.99. The number of nitrogens with zero attached hydrogens (tertiary/aromatic N) is 1. The van der Waals surface area contributed by atoms with Crippen LogP contribution in [-0.4, -0.2) is 4.98 Å². The highest BCUT2D eigenvalue weighted by atomic mass is 32.2. The van der Waals surface area contributed by atoms with Crippen molar-refractivity contribution in [3.63, 3.8) is 0 Å². The average molecular weight is 281 g/mol. The van der Waals surface area contributed by atoms with Crippen LogP contribution in [0.3, 0.4) is 0 Å². The van der Waals surface area contributed by atoms with Crippen LogP contribution < -0.4 is 11.3 Å². The van der Waals surface area contributed by atoms with Gasteiger partial charge in [0.1, 0.15) is 5.03 Å². The van der Waals surface area contributed by atoms with Gasteiger partial charge in [-0.3, -0.25) is 0 Å². The Morgan fingerprint density at radius 1 is 1.16 bits per heavy atom. The van der Waals surface area contributed by atoms with Gasteiger partial charge in [-0.15, -0.1) is 0 Å². The smallest absolute Gasteiger partial charge is 0.177 e. The molecule has 1 aromatic carbocycles. The monoisotopic (exact) mass is 281 g/mol. The maximum absolute atomic E-state index is 13.7. The zero-order chi connectivity index (χ0) is 14.0. The number of nitrogens with one attached hydrogen (secondary N) is 1. The maximum Gasteiger partial charge on any atom is 0.177 e. The number of benzene rings is 1. The molecule has 2 rings (SSSR count). The number of anilines is 1. The van der Waals surface area contributed by atoms with Crippen molar-refractivity contribution in [1.82, 2.24) is 4.98 Å². The molecule has 0 fully saturated rings. The van der Waals surface area contributed by atoms with Gasteiger partial charge in [-0.1, -0.05) is 23.9 Å². The Labute approximate surface area is 114 Å². The summed E-state index contributed by atoms with van der Waals surface area (Å²) >= 11 is 1.14. The van der Waals surface area contributed by atoms with Crippen LogP contribution in [0.15, 0.2) is 34.2 Å². The first-order valence-corrected chi connectivity index (χ1v) is 6.40. The summed E-state index contributed by atoms with van der Waals surface area (Å²) in [6.07, 6.45) is 0. The lowest BCUT2D eigenvalue weighted by Gasteiger charge is -2.09. The Balaban J connectivity index is 2.40. The Kier molecular flexibility index (Phi) is 4.01. The standard InChI is InChI=1S/C13H13F2N3S/c1-7-3-4-8(2)11(5-7)19-13-10(15)6-9(14)12(17-13)18-16/h3-6H,16H2,1-2H3,(H,17,18). The molecule has 3 nitrogen and oxygen atoms in total. The normalized spacial score (nSPS) is 10.6. The van der Waals surface area contributed by atoms with E-state index in [1.165, 1.54) is 0 Å². The van der Waals surface area contributed by atoms with Crippen LogP contribution in [0.2, 0.25) is 0 Å². The highest BCUT2D eigenvalue weighted by Crippen LogP contribution is 2.32. The molecule has 0 atom stereocenters. The molecule has 0 aliphatic heterocycles. The first-order valence-electron chi connectivity index (χ1n) is 5.59. The van der Waals surface area contributed by atoms with Gasteiger partial charge >= 0.3 is 0 Å². The van der Waals surface area contributed by atoms with Gasteiger partial charge < -0.3 is 5.43 Å². The van der Waals surface area contributed by atoms with Crippen LogP contribution in [0.25, 0.3) is 0 Å². The molecule has 0 amide bonds. The van der Waals surface area contributed by atoms with Gasteiger partial charge in [0.05, 0.1) is 0 Å². The van der Waals surface area contributed by atoms with E-state index >= 15 is 0 Å². The quantitative estimate of drug-likeness (QED) is 0.668. The molecule has 0 unspecified atom stereocenters. The van der Waals surface area contributed by atoms with Crippen molar-refractivity contribution >= 4 is 17.6 Å². The molecule has 0 bridgehead atoms. The molecule has 0 saturated heterocycles. The first kappa shape index (κ1) is 13.8. The zero-order valence-electron chi connectivity index (χ0n) is 10.5. The minimum Gasteiger partial charge on any atom is -0.306 e. The number of hydrogen-bond acceptors (Lipinski definition) is 4. The van der Waals surface area contributed by atoms with Gasteiger partial charge in [0.15, 0.2) is 17.5 Å². The van der Waals surface area contributed by atoms with Crippen molar-refractivity contribution < 1.29 is 8.78 Å². The van der Waals surface area contributed by atoms with Crippen molar-refractivity contribution in [3.05, 3.63) is 47.0 Å². The van der Waals surface area contributed by atoms with Gasteiger partial charge in [0.25, 0.3) is 0 Å². The van der Waals surface area contributed by atoms with E-state index in [1.807, 2.05) is 32.0 Å². The number of hydrogen-bond donors (Lipinski definition) is 2. The largest absolute Gasteiger partial charge is 0.306 e. The minimum absolute atomic E-state index is 0.0862. The van der Waals surface area contributed by atoms with Crippen LogP contribution in [0, 0.1) is 25.5 Å². The second-order valence-electron chi connectivity index (χ2n) is 4.12. The fraction of sp³-hybridized carbons (Fsp3) is 0.154. The number of hydrazine groups is 1. The lowest BCUT2D eigenvalue weighted by Crippen LogP contribution is -2.11. The van der Waals surface area contributed by atoms with Crippen molar-refractivity contribution in [2.45, 2.75) is 23.8 Å². The summed E-state index contributed by atoms with van der Waals surface area (Å²) in [4.78, 5) is 4.71. The van der Waals surface area contributed by atoms with E-state index in [9.17, 15) is 8.78 Å². The average Bonchev–Trinajstić information content (AvgIpc) is 2.37. The van der Waals surface area contributed by atoms with Gasteiger partial charge in [-0.25, -0.2) is 19.6 Å². The second kappa shape index (κ2) is 5.54. The molecule has 1 heterocycles. The van der Waals surface area contributed by atoms with Gasteiger partial charge in [0, 0.05) is 11.0 Å². The molecule has 0 spiro atoms. The summed E-state index contributed by atoms with van der Waals surface area (Å²) in [5.74, 6) is 3.44. The van der Waals surface area contributed by atoms with Crippen molar-refractivity contribution in [3.8, 4) is 0 Å². The highest BCUT2D eigenvalue weighted by Gasteiger charge is 2.13. The molecule has 3 N–H and O–H groups in total. The Bertz CT molecular complexity index is 617. The van der Waals surface area contributed by atoms with Crippen LogP contribution in [0.4, 0.5) is 14.6 Å². The number of aryl methyl sites for hydroxylation is 2. The summed E-state index contributed by atoms with van der Waals surface area (Å²) in [5, 5.41) is 0.0862. The number of nitrogen functional groups attached to an aromatic ring is 1. The van der Waals surface area contributed by atoms with Crippen molar-refractivity contribution in [1.29, 1.82) is 0 Å². The molecule has 0 aliphatic carbocycles. The van der Waals surface area contributed by atoms with Gasteiger partial charge in [0.2, 0.25) is 0 Å². The fourth-order valence-electron chi connectivity index (χ4n) is 1.54. The minimum atomic E-state index is -0.815. The molecule has 0 aliphatic rings. The zero-order valence-corrected chi connectivity index (χ0v) is 11.3. The molecule has 0 radical (unpaired) electrons. The van der Waals surface area contributed by atoms with Crippen molar-refractivity contribution in [2.24, 2.45) is 5.84 Å². The molecule has 100 valence electrons. The summed E-state index contributed by atoms with van der Waals surface area (Å²) in [6, 6.07) is 6.62. The molecular weight excluding hydrogens is 268 g/mol. The van der Waals surface area contributed by atoms with E-state index < -0.39 is 11.6 Å². The summed E-state index contributed by atoms with van der Waals surface area (Å²) in [7, 11) is 0. The number of rotatable bonds is 3. The first-order chi connectivity index (χ1) is 9.01. The van der Waals surface area contributed by atoms with E-state index in [4.69, 9.17) is 5.84 Å². The SMILES string of the molecule is Cc1ccc(C)c(Sc2nc(NN)c(F)cc2F)c1. The lowest BCUT2D eigenvalue weighted by atomic mass is 10.2. The summed E-state index contributed by atoms with van der Waals surface area (Å²) < 4.78 is 27.0. The second-order valence-corrected chi connectivity index (χ2v) is 5.15. The van der Waals surface area contributed by atoms with E-state index in [0.29, 0.717) is 0 Å². The lowest BCUT2D eigenvalue weighted by molar-refractivity contribution is 0.551. The van der Waals surface area contributed by atoms with E-state index in [2.05, 4.69) is 10.4 Å². The number of halogens is 2. The van der Waals surface area contributed by atoms with Crippen molar-refractivity contribution in [2.75, 3.05) is 5.43 Å². The van der Waals surface area contributed by atoms with E-state index in [0.717, 1.165) is 33.9 Å². The molecule has 19 heavy (non-hydrogen) atoms. The molecule has 2 aromatic rings. The number of pyridine rings is 1. The van der Waals surface area contributed by atoms with Crippen LogP contribution in [0.1, 0.15) is 11.1 Å². The Morgan fingerprint density at radius 3 is 2.58 bits per heavy atom. The molecule has 1 aromatic heterocycles. The Morgan fingerprint density at radius 2 is 1.89 bits per heavy atom. The molecular formula is C13H13F2N3S. The Hall–Kier alpha value is -1.66. The van der Waals surface area contributed by atoms with Gasteiger partial charge in [-0.2, -0.15) is 0 Å². The van der Waals surface area contributed by atoms with Crippen LogP contribution in [-0.2, 0) is 0 Å². The maximum atomic E-state index is 13.7. The summed E-state index contributed by atoms with van der Waals surface area (Å²) in [5.41, 5.74) is 4.17.